The minimum atomic E-state index is -0.770. The summed E-state index contributed by atoms with van der Waals surface area (Å²) < 4.78 is 6.29. The first kappa shape index (κ1) is 20.0. The number of rotatable bonds is 5. The molecule has 2 heterocycles. The molecule has 1 aliphatic rings. The van der Waals surface area contributed by atoms with E-state index in [-0.39, 0.29) is 43.4 Å². The van der Waals surface area contributed by atoms with Crippen molar-refractivity contribution in [3.05, 3.63) is 40.3 Å². The lowest BCUT2D eigenvalue weighted by Crippen LogP contribution is -2.49. The maximum Gasteiger partial charge on any atom is 0.359 e. The number of esters is 1. The van der Waals surface area contributed by atoms with Crippen LogP contribution < -0.4 is 5.56 Å². The van der Waals surface area contributed by atoms with Crippen molar-refractivity contribution < 1.29 is 19.4 Å². The first-order valence-electron chi connectivity index (χ1n) is 9.53. The number of likely N-dealkylation sites (tertiary alicyclic amines) is 1. The van der Waals surface area contributed by atoms with Crippen molar-refractivity contribution in [2.75, 3.05) is 13.2 Å². The van der Waals surface area contributed by atoms with E-state index in [2.05, 4.69) is 5.10 Å². The van der Waals surface area contributed by atoms with Crippen LogP contribution in [0, 0.1) is 0 Å². The predicted molar refractivity (Wildman–Crippen MR) is 103 cm³/mol. The highest BCUT2D eigenvalue weighted by Gasteiger charge is 2.30. The fourth-order valence-electron chi connectivity index (χ4n) is 3.82. The minimum Gasteiger partial charge on any atom is -0.451 e. The molecular formula is C20H25N3O5. The van der Waals surface area contributed by atoms with Crippen LogP contribution in [0.4, 0.5) is 0 Å². The molecule has 0 radical (unpaired) electrons. The molecule has 2 atom stereocenters. The van der Waals surface area contributed by atoms with Crippen molar-refractivity contribution in [1.82, 2.24) is 14.7 Å². The average Bonchev–Trinajstić information content (AvgIpc) is 2.68. The SMILES string of the molecule is C[C@@H]1CCC[C@H](C)N1C(=O)COC(=O)c1nn(CCO)c(=O)c2ccccc12. The maximum atomic E-state index is 12.6. The monoisotopic (exact) mass is 387 g/mol. The van der Waals surface area contributed by atoms with Crippen molar-refractivity contribution in [1.29, 1.82) is 0 Å². The molecule has 0 unspecified atom stereocenters. The van der Waals surface area contributed by atoms with Gasteiger partial charge < -0.3 is 14.7 Å². The number of aromatic nitrogens is 2. The maximum absolute atomic E-state index is 12.6. The van der Waals surface area contributed by atoms with Gasteiger partial charge in [0.05, 0.1) is 18.5 Å². The molecule has 3 rings (SSSR count). The van der Waals surface area contributed by atoms with Gasteiger partial charge in [-0.15, -0.1) is 0 Å². The highest BCUT2D eigenvalue weighted by Crippen LogP contribution is 2.22. The number of hydrogen-bond donors (Lipinski definition) is 1. The van der Waals surface area contributed by atoms with Crippen molar-refractivity contribution >= 4 is 22.6 Å². The van der Waals surface area contributed by atoms with Crippen LogP contribution in [0.3, 0.4) is 0 Å². The van der Waals surface area contributed by atoms with E-state index < -0.39 is 11.5 Å². The quantitative estimate of drug-likeness (QED) is 0.777. The Hall–Kier alpha value is -2.74. The van der Waals surface area contributed by atoms with E-state index in [1.807, 2.05) is 13.8 Å². The number of fused-ring (bicyclic) bond motifs is 1. The second-order valence-corrected chi connectivity index (χ2v) is 7.15. The van der Waals surface area contributed by atoms with E-state index in [0.717, 1.165) is 23.9 Å². The second-order valence-electron chi connectivity index (χ2n) is 7.15. The molecule has 8 nitrogen and oxygen atoms in total. The van der Waals surface area contributed by atoms with Gasteiger partial charge in [-0.05, 0) is 39.2 Å². The van der Waals surface area contributed by atoms with Gasteiger partial charge in [-0.25, -0.2) is 9.48 Å². The normalized spacial score (nSPS) is 19.6. The Morgan fingerprint density at radius 2 is 1.82 bits per heavy atom. The van der Waals surface area contributed by atoms with Crippen molar-refractivity contribution in [3.8, 4) is 0 Å². The number of carbonyl (C=O) groups excluding carboxylic acids is 2. The first-order chi connectivity index (χ1) is 13.4. The Balaban J connectivity index is 1.82. The molecule has 0 bridgehead atoms. The summed E-state index contributed by atoms with van der Waals surface area (Å²) in [5.74, 6) is -1.01. The number of piperidine rings is 1. The molecule has 2 aromatic rings. The number of hydrogen-bond acceptors (Lipinski definition) is 6. The lowest BCUT2D eigenvalue weighted by molar-refractivity contribution is -0.140. The zero-order valence-corrected chi connectivity index (χ0v) is 16.1. The van der Waals surface area contributed by atoms with E-state index >= 15 is 0 Å². The average molecular weight is 387 g/mol. The summed E-state index contributed by atoms with van der Waals surface area (Å²) in [6.45, 7) is 3.29. The standard InChI is InChI=1S/C20H25N3O5/c1-13-6-5-7-14(2)23(13)17(25)12-28-20(27)18-15-8-3-4-9-16(15)19(26)22(21-18)10-11-24/h3-4,8-9,13-14,24H,5-7,10-12H2,1-2H3/t13-,14+. The van der Waals surface area contributed by atoms with Gasteiger partial charge >= 0.3 is 5.97 Å². The summed E-state index contributed by atoms with van der Waals surface area (Å²) in [6.07, 6.45) is 2.94. The zero-order chi connectivity index (χ0) is 20.3. The Morgan fingerprint density at radius 1 is 1.18 bits per heavy atom. The van der Waals surface area contributed by atoms with Gasteiger partial charge in [0, 0.05) is 17.5 Å². The summed E-state index contributed by atoms with van der Waals surface area (Å²) in [4.78, 5) is 39.4. The molecule has 0 spiro atoms. The third-order valence-electron chi connectivity index (χ3n) is 5.18. The van der Waals surface area contributed by atoms with E-state index in [0.29, 0.717) is 10.8 Å². The van der Waals surface area contributed by atoms with Crippen LogP contribution >= 0.6 is 0 Å². The van der Waals surface area contributed by atoms with E-state index in [9.17, 15) is 14.4 Å². The van der Waals surface area contributed by atoms with E-state index in [1.165, 1.54) is 0 Å². The summed E-state index contributed by atoms with van der Waals surface area (Å²) >= 11 is 0. The molecule has 1 N–H and O–H groups in total. The van der Waals surface area contributed by atoms with Gasteiger partial charge in [0.2, 0.25) is 0 Å². The molecule has 1 aliphatic heterocycles. The third kappa shape index (κ3) is 3.91. The number of aliphatic hydroxyl groups is 1. The van der Waals surface area contributed by atoms with Crippen LogP contribution in [0.5, 0.6) is 0 Å². The van der Waals surface area contributed by atoms with Crippen LogP contribution in [0.25, 0.3) is 10.8 Å². The Labute approximate surface area is 162 Å². The highest BCUT2D eigenvalue weighted by atomic mass is 16.5. The molecule has 8 heteroatoms. The van der Waals surface area contributed by atoms with Gasteiger partial charge in [0.1, 0.15) is 0 Å². The molecule has 0 aliphatic carbocycles. The van der Waals surface area contributed by atoms with Gasteiger partial charge in [-0.3, -0.25) is 9.59 Å². The first-order valence-corrected chi connectivity index (χ1v) is 9.53. The van der Waals surface area contributed by atoms with Crippen LogP contribution in [-0.2, 0) is 16.1 Å². The molecule has 1 amide bonds. The fourth-order valence-corrected chi connectivity index (χ4v) is 3.82. The minimum absolute atomic E-state index is 0.0360. The highest BCUT2D eigenvalue weighted by molar-refractivity contribution is 6.02. The Kier molecular flexibility index (Phi) is 6.08. The number of carbonyl (C=O) groups is 2. The number of nitrogens with zero attached hydrogens (tertiary/aromatic N) is 3. The topological polar surface area (TPSA) is 102 Å². The number of aliphatic hydroxyl groups excluding tert-OH is 1. The molecule has 1 aromatic heterocycles. The van der Waals surface area contributed by atoms with Gasteiger partial charge in [0.25, 0.3) is 11.5 Å². The van der Waals surface area contributed by atoms with Crippen molar-refractivity contribution in [2.24, 2.45) is 0 Å². The number of ether oxygens (including phenoxy) is 1. The van der Waals surface area contributed by atoms with Gasteiger partial charge in [0.15, 0.2) is 12.3 Å². The van der Waals surface area contributed by atoms with Crippen LogP contribution in [0.1, 0.15) is 43.6 Å². The Morgan fingerprint density at radius 3 is 2.46 bits per heavy atom. The lowest BCUT2D eigenvalue weighted by atomic mass is 9.97. The molecule has 1 saturated heterocycles. The molecule has 150 valence electrons. The lowest BCUT2D eigenvalue weighted by Gasteiger charge is -2.38. The molecule has 1 fully saturated rings. The van der Waals surface area contributed by atoms with E-state index in [1.54, 1.807) is 29.2 Å². The Bertz CT molecular complexity index is 929. The zero-order valence-electron chi connectivity index (χ0n) is 16.1. The van der Waals surface area contributed by atoms with Crippen molar-refractivity contribution in [3.63, 3.8) is 0 Å². The third-order valence-corrected chi connectivity index (χ3v) is 5.18. The fraction of sp³-hybridized carbons (Fsp3) is 0.500. The van der Waals surface area contributed by atoms with Crippen molar-refractivity contribution in [2.45, 2.75) is 51.7 Å². The van der Waals surface area contributed by atoms with Crippen LogP contribution in [0.15, 0.2) is 29.1 Å². The molecule has 28 heavy (non-hydrogen) atoms. The van der Waals surface area contributed by atoms with Gasteiger partial charge in [-0.2, -0.15) is 5.10 Å². The number of amides is 1. The summed E-state index contributed by atoms with van der Waals surface area (Å²) in [5.41, 5.74) is -0.440. The summed E-state index contributed by atoms with van der Waals surface area (Å²) in [7, 11) is 0. The summed E-state index contributed by atoms with van der Waals surface area (Å²) in [5, 5.41) is 13.9. The second kappa shape index (κ2) is 8.52. The van der Waals surface area contributed by atoms with Crippen LogP contribution in [-0.4, -0.2) is 57.0 Å². The largest absolute Gasteiger partial charge is 0.451 e. The smallest absolute Gasteiger partial charge is 0.359 e. The van der Waals surface area contributed by atoms with Crippen LogP contribution in [0.2, 0.25) is 0 Å². The predicted octanol–water partition coefficient (Wildman–Crippen LogP) is 1.34. The molecule has 1 aromatic carbocycles. The van der Waals surface area contributed by atoms with E-state index in [4.69, 9.17) is 9.84 Å². The summed E-state index contributed by atoms with van der Waals surface area (Å²) in [6, 6.07) is 6.80. The van der Waals surface area contributed by atoms with Gasteiger partial charge in [-0.1, -0.05) is 18.2 Å². The molecular weight excluding hydrogens is 362 g/mol. The molecule has 0 saturated carbocycles. The number of benzene rings is 1.